The third kappa shape index (κ3) is 3.67. The summed E-state index contributed by atoms with van der Waals surface area (Å²) in [7, 11) is 3.73. The first-order valence-electron chi connectivity index (χ1n) is 9.08. The summed E-state index contributed by atoms with van der Waals surface area (Å²) in [4.78, 5) is 13.1. The molecule has 136 valence electrons. The molecule has 0 radical (unpaired) electrons. The molecule has 0 bridgehead atoms. The smallest absolute Gasteiger partial charge is 0.212 e. The van der Waals surface area contributed by atoms with Crippen molar-refractivity contribution in [1.82, 2.24) is 19.5 Å². The normalized spacial score (nSPS) is 11.0. The number of fused-ring (bicyclic) bond motifs is 1. The number of ether oxygens (including phenoxy) is 1. The van der Waals surface area contributed by atoms with Crippen molar-refractivity contribution < 1.29 is 4.74 Å². The van der Waals surface area contributed by atoms with Gasteiger partial charge in [-0.2, -0.15) is 0 Å². The zero-order valence-corrected chi connectivity index (χ0v) is 15.6. The highest BCUT2D eigenvalue weighted by atomic mass is 16.5. The number of hydrogen-bond donors (Lipinski definition) is 0. The minimum atomic E-state index is 0.652. The molecule has 27 heavy (non-hydrogen) atoms. The van der Waals surface area contributed by atoms with Crippen LogP contribution in [0.3, 0.4) is 0 Å². The molecule has 4 aromatic heterocycles. The second-order valence-corrected chi connectivity index (χ2v) is 6.63. The van der Waals surface area contributed by atoms with Gasteiger partial charge in [-0.25, -0.2) is 4.98 Å². The predicted octanol–water partition coefficient (Wildman–Crippen LogP) is 4.21. The number of rotatable bonds is 6. The van der Waals surface area contributed by atoms with E-state index in [1.54, 1.807) is 13.3 Å². The largest absolute Gasteiger partial charge is 0.481 e. The molecule has 5 nitrogen and oxygen atoms in total. The van der Waals surface area contributed by atoms with Gasteiger partial charge in [0.2, 0.25) is 5.88 Å². The fraction of sp³-hybridized carbons (Fsp3) is 0.227. The van der Waals surface area contributed by atoms with Gasteiger partial charge in [-0.1, -0.05) is 6.07 Å². The Morgan fingerprint density at radius 1 is 1.00 bits per heavy atom. The summed E-state index contributed by atoms with van der Waals surface area (Å²) < 4.78 is 7.31. The Hall–Kier alpha value is -3.21. The van der Waals surface area contributed by atoms with Gasteiger partial charge in [-0.05, 0) is 49.1 Å². The molecule has 0 aromatic carbocycles. The summed E-state index contributed by atoms with van der Waals surface area (Å²) in [6.07, 6.45) is 10.5. The van der Waals surface area contributed by atoms with Crippen molar-refractivity contribution in [2.75, 3.05) is 7.11 Å². The van der Waals surface area contributed by atoms with Crippen LogP contribution in [0.5, 0.6) is 5.88 Å². The van der Waals surface area contributed by atoms with Gasteiger partial charge in [0.05, 0.1) is 18.3 Å². The van der Waals surface area contributed by atoms with Crippen molar-refractivity contribution in [2.24, 2.45) is 7.05 Å². The average molecular weight is 358 g/mol. The Bertz CT molecular complexity index is 1040. The Balaban J connectivity index is 1.49. The summed E-state index contributed by atoms with van der Waals surface area (Å²) in [5.74, 6) is 0.652. The summed E-state index contributed by atoms with van der Waals surface area (Å²) in [6.45, 7) is 0. The molecule has 0 aliphatic rings. The van der Waals surface area contributed by atoms with Crippen LogP contribution in [0.4, 0.5) is 0 Å². The van der Waals surface area contributed by atoms with Crippen molar-refractivity contribution in [2.45, 2.75) is 19.3 Å². The summed E-state index contributed by atoms with van der Waals surface area (Å²) in [6, 6.07) is 12.4. The van der Waals surface area contributed by atoms with E-state index in [1.165, 1.54) is 11.1 Å². The van der Waals surface area contributed by atoms with Gasteiger partial charge in [0, 0.05) is 54.5 Å². The molecule has 0 saturated carbocycles. The minimum Gasteiger partial charge on any atom is -0.481 e. The lowest BCUT2D eigenvalue weighted by molar-refractivity contribution is 0.397. The highest BCUT2D eigenvalue weighted by Crippen LogP contribution is 2.26. The lowest BCUT2D eigenvalue weighted by atomic mass is 10.1. The third-order valence-corrected chi connectivity index (χ3v) is 4.85. The summed E-state index contributed by atoms with van der Waals surface area (Å²) >= 11 is 0. The van der Waals surface area contributed by atoms with Crippen LogP contribution in [0.25, 0.3) is 22.2 Å². The van der Waals surface area contributed by atoms with Gasteiger partial charge in [0.25, 0.3) is 0 Å². The maximum atomic E-state index is 5.10. The molecule has 0 fully saturated rings. The van der Waals surface area contributed by atoms with E-state index < -0.39 is 0 Å². The van der Waals surface area contributed by atoms with Crippen molar-refractivity contribution >= 4 is 10.9 Å². The highest BCUT2D eigenvalue weighted by molar-refractivity contribution is 5.86. The van der Waals surface area contributed by atoms with Crippen LogP contribution in [-0.2, 0) is 19.9 Å². The van der Waals surface area contributed by atoms with E-state index in [4.69, 9.17) is 4.74 Å². The van der Waals surface area contributed by atoms with E-state index in [2.05, 4.69) is 50.8 Å². The van der Waals surface area contributed by atoms with Crippen LogP contribution in [-0.4, -0.2) is 26.6 Å². The van der Waals surface area contributed by atoms with Crippen LogP contribution in [0.1, 0.15) is 17.7 Å². The molecule has 4 rings (SSSR count). The number of pyridine rings is 3. The number of nitrogens with zero attached hydrogens (tertiary/aromatic N) is 4. The molecule has 0 N–H and O–H groups in total. The molecule has 0 amide bonds. The lowest BCUT2D eigenvalue weighted by Crippen LogP contribution is -1.96. The van der Waals surface area contributed by atoms with Gasteiger partial charge in [-0.3, -0.25) is 9.97 Å². The van der Waals surface area contributed by atoms with Crippen molar-refractivity contribution in [3.05, 3.63) is 72.4 Å². The second-order valence-electron chi connectivity index (χ2n) is 6.63. The van der Waals surface area contributed by atoms with Crippen molar-refractivity contribution in [3.63, 3.8) is 0 Å². The maximum Gasteiger partial charge on any atom is 0.212 e. The lowest BCUT2D eigenvalue weighted by Gasteiger charge is -2.05. The van der Waals surface area contributed by atoms with E-state index in [-0.39, 0.29) is 0 Å². The van der Waals surface area contributed by atoms with E-state index in [0.29, 0.717) is 5.88 Å². The second kappa shape index (κ2) is 7.58. The van der Waals surface area contributed by atoms with Crippen LogP contribution >= 0.6 is 0 Å². The molecule has 0 aliphatic heterocycles. The summed E-state index contributed by atoms with van der Waals surface area (Å²) in [5, 5.41) is 1.15. The van der Waals surface area contributed by atoms with Crippen molar-refractivity contribution in [3.8, 4) is 17.1 Å². The molecular formula is C22H22N4O. The molecule has 0 atom stereocenters. The third-order valence-electron chi connectivity index (χ3n) is 4.85. The molecule has 0 unspecified atom stereocenters. The molecule has 4 aromatic rings. The summed E-state index contributed by atoms with van der Waals surface area (Å²) in [5.41, 5.74) is 5.80. The Kier molecular flexibility index (Phi) is 4.83. The zero-order valence-electron chi connectivity index (χ0n) is 15.6. The molecule has 0 saturated heterocycles. The quantitative estimate of drug-likeness (QED) is 0.518. The molecule has 0 spiro atoms. The zero-order chi connectivity index (χ0) is 18.6. The van der Waals surface area contributed by atoms with E-state index in [9.17, 15) is 0 Å². The monoisotopic (exact) mass is 358 g/mol. The van der Waals surface area contributed by atoms with E-state index >= 15 is 0 Å². The first kappa shape index (κ1) is 17.2. The van der Waals surface area contributed by atoms with E-state index in [0.717, 1.165) is 41.6 Å². The van der Waals surface area contributed by atoms with Crippen LogP contribution in [0, 0.1) is 0 Å². The molecule has 4 heterocycles. The number of hydrogen-bond acceptors (Lipinski definition) is 4. The minimum absolute atomic E-state index is 0.652. The van der Waals surface area contributed by atoms with Crippen LogP contribution < -0.4 is 4.74 Å². The highest BCUT2D eigenvalue weighted by Gasteiger charge is 2.09. The first-order valence-corrected chi connectivity index (χ1v) is 9.08. The Morgan fingerprint density at radius 3 is 2.67 bits per heavy atom. The Labute approximate surface area is 158 Å². The SMILES string of the molecule is COc1ccc(CCCc2cc3c(cn2)cc(-c2cccnc2)n3C)cn1. The topological polar surface area (TPSA) is 52.8 Å². The van der Waals surface area contributed by atoms with Gasteiger partial charge in [0.1, 0.15) is 0 Å². The van der Waals surface area contributed by atoms with Crippen LogP contribution in [0.15, 0.2) is 61.2 Å². The fourth-order valence-electron chi connectivity index (χ4n) is 3.35. The molecule has 0 aliphatic carbocycles. The standard InChI is InChI=1S/C22H22N4O/c1-26-20(17-6-4-10-23-14-17)11-18-15-24-19(12-21(18)26)7-3-5-16-8-9-22(27-2)25-13-16/h4,6,8-15H,3,5,7H2,1-2H3. The first-order chi connectivity index (χ1) is 13.2. The average Bonchev–Trinajstić information content (AvgIpc) is 3.05. The van der Waals surface area contributed by atoms with Gasteiger partial charge >= 0.3 is 0 Å². The van der Waals surface area contributed by atoms with E-state index in [1.807, 2.05) is 30.7 Å². The van der Waals surface area contributed by atoms with Gasteiger partial charge < -0.3 is 9.30 Å². The van der Waals surface area contributed by atoms with Gasteiger partial charge in [0.15, 0.2) is 0 Å². The fourth-order valence-corrected chi connectivity index (χ4v) is 3.35. The number of aromatic nitrogens is 4. The Morgan fingerprint density at radius 2 is 1.93 bits per heavy atom. The molecular weight excluding hydrogens is 336 g/mol. The van der Waals surface area contributed by atoms with Crippen molar-refractivity contribution in [1.29, 1.82) is 0 Å². The number of aryl methyl sites for hydroxylation is 3. The van der Waals surface area contributed by atoms with Crippen LogP contribution in [0.2, 0.25) is 0 Å². The predicted molar refractivity (Wildman–Crippen MR) is 107 cm³/mol. The number of methoxy groups -OCH3 is 1. The maximum absolute atomic E-state index is 5.10. The van der Waals surface area contributed by atoms with Gasteiger partial charge in [-0.15, -0.1) is 0 Å². The molecule has 5 heteroatoms.